The van der Waals surface area contributed by atoms with Crippen LogP contribution in [0.25, 0.3) is 0 Å². The van der Waals surface area contributed by atoms with Crippen LogP contribution in [-0.4, -0.2) is 30.5 Å². The second kappa shape index (κ2) is 9.66. The predicted molar refractivity (Wildman–Crippen MR) is 82.2 cm³/mol. The van der Waals surface area contributed by atoms with Gasteiger partial charge in [-0.05, 0) is 56.5 Å². The molecule has 0 heterocycles. The van der Waals surface area contributed by atoms with Gasteiger partial charge in [0.15, 0.2) is 0 Å². The number of carboxylic acids is 1. The second-order valence-corrected chi connectivity index (χ2v) is 5.58. The molecule has 0 bridgehead atoms. The summed E-state index contributed by atoms with van der Waals surface area (Å²) in [5.41, 5.74) is 1.82. The molecule has 0 aromatic heterocycles. The molecule has 1 rings (SSSR count). The molecule has 5 heteroatoms. The predicted octanol–water partition coefficient (Wildman–Crippen LogP) is 3.04. The minimum atomic E-state index is -0.747. The smallest absolute Gasteiger partial charge is 0.303 e. The van der Waals surface area contributed by atoms with Crippen molar-refractivity contribution in [3.63, 3.8) is 0 Å². The first-order valence-corrected chi connectivity index (χ1v) is 7.59. The Kier molecular flexibility index (Phi) is 8.14. The number of carbonyl (C=O) groups is 2. The minimum absolute atomic E-state index is 0.217. The number of hydrogen-bond donors (Lipinski definition) is 2. The Morgan fingerprint density at radius 2 is 2.00 bits per heavy atom. The van der Waals surface area contributed by atoms with Crippen LogP contribution in [0.4, 0.5) is 0 Å². The maximum Gasteiger partial charge on any atom is 0.303 e. The van der Waals surface area contributed by atoms with Crippen LogP contribution in [0, 0.1) is 0 Å². The van der Waals surface area contributed by atoms with Crippen molar-refractivity contribution in [2.45, 2.75) is 32.1 Å². The van der Waals surface area contributed by atoms with Gasteiger partial charge in [-0.2, -0.15) is 0 Å². The van der Waals surface area contributed by atoms with Gasteiger partial charge in [-0.3, -0.25) is 9.59 Å². The Labute approximate surface area is 127 Å². The first kappa shape index (κ1) is 16.9. The second-order valence-electron chi connectivity index (χ2n) is 4.67. The van der Waals surface area contributed by atoms with Crippen molar-refractivity contribution in [3.05, 3.63) is 33.8 Å². The Morgan fingerprint density at radius 3 is 2.70 bits per heavy atom. The van der Waals surface area contributed by atoms with Gasteiger partial charge < -0.3 is 10.4 Å². The maximum absolute atomic E-state index is 11.0. The van der Waals surface area contributed by atoms with Gasteiger partial charge in [0.2, 0.25) is 0 Å². The van der Waals surface area contributed by atoms with Crippen LogP contribution in [0.1, 0.15) is 41.6 Å². The van der Waals surface area contributed by atoms with Gasteiger partial charge in [-0.1, -0.05) is 22.0 Å². The Bertz CT molecular complexity index is 449. The lowest BCUT2D eigenvalue weighted by atomic mass is 10.0. The van der Waals surface area contributed by atoms with E-state index >= 15 is 0 Å². The summed E-state index contributed by atoms with van der Waals surface area (Å²) in [4.78, 5) is 21.3. The van der Waals surface area contributed by atoms with E-state index < -0.39 is 5.97 Å². The minimum Gasteiger partial charge on any atom is -0.481 e. The number of aryl methyl sites for hydroxylation is 1. The average molecular weight is 342 g/mol. The van der Waals surface area contributed by atoms with E-state index in [1.807, 2.05) is 18.2 Å². The SMILES string of the molecule is O=Cc1cc(Br)ccc1CCCCNCCCC(=O)O. The van der Waals surface area contributed by atoms with Crippen LogP contribution in [-0.2, 0) is 11.2 Å². The highest BCUT2D eigenvalue weighted by molar-refractivity contribution is 9.10. The zero-order valence-electron chi connectivity index (χ0n) is 11.4. The number of unbranched alkanes of at least 4 members (excludes halogenated alkanes) is 1. The summed E-state index contributed by atoms with van der Waals surface area (Å²) in [5.74, 6) is -0.747. The average Bonchev–Trinajstić information content (AvgIpc) is 2.42. The van der Waals surface area contributed by atoms with E-state index in [-0.39, 0.29) is 6.42 Å². The number of aldehydes is 1. The Morgan fingerprint density at radius 1 is 1.25 bits per heavy atom. The van der Waals surface area contributed by atoms with E-state index in [0.717, 1.165) is 54.2 Å². The number of carbonyl (C=O) groups excluding carboxylic acids is 1. The normalized spacial score (nSPS) is 10.4. The fourth-order valence-corrected chi connectivity index (χ4v) is 2.34. The highest BCUT2D eigenvalue weighted by Crippen LogP contribution is 2.17. The number of nitrogens with one attached hydrogen (secondary N) is 1. The van der Waals surface area contributed by atoms with Crippen LogP contribution in [0.3, 0.4) is 0 Å². The van der Waals surface area contributed by atoms with Gasteiger partial charge in [0, 0.05) is 16.5 Å². The fourth-order valence-electron chi connectivity index (χ4n) is 1.96. The summed E-state index contributed by atoms with van der Waals surface area (Å²) < 4.78 is 0.920. The maximum atomic E-state index is 11.0. The first-order valence-electron chi connectivity index (χ1n) is 6.79. The molecule has 0 atom stereocenters. The molecule has 0 amide bonds. The van der Waals surface area contributed by atoms with Crippen molar-refractivity contribution < 1.29 is 14.7 Å². The molecular formula is C15H20BrNO3. The van der Waals surface area contributed by atoms with Crippen molar-refractivity contribution in [1.29, 1.82) is 0 Å². The van der Waals surface area contributed by atoms with E-state index in [1.54, 1.807) is 0 Å². The van der Waals surface area contributed by atoms with Crippen LogP contribution in [0.2, 0.25) is 0 Å². The third-order valence-electron chi connectivity index (χ3n) is 3.03. The third kappa shape index (κ3) is 6.82. The van der Waals surface area contributed by atoms with Crippen LogP contribution < -0.4 is 5.32 Å². The number of benzene rings is 1. The van der Waals surface area contributed by atoms with E-state index in [2.05, 4.69) is 21.2 Å². The standard InChI is InChI=1S/C15H20BrNO3/c16-14-7-6-12(13(10-14)11-18)4-1-2-8-17-9-3-5-15(19)20/h6-7,10-11,17H,1-5,8-9H2,(H,19,20). The topological polar surface area (TPSA) is 66.4 Å². The summed E-state index contributed by atoms with van der Waals surface area (Å²) >= 11 is 3.35. The largest absolute Gasteiger partial charge is 0.481 e. The lowest BCUT2D eigenvalue weighted by Gasteiger charge is -2.06. The molecule has 4 nitrogen and oxygen atoms in total. The van der Waals surface area contributed by atoms with Crippen molar-refractivity contribution in [2.24, 2.45) is 0 Å². The molecule has 0 unspecified atom stereocenters. The monoisotopic (exact) mass is 341 g/mol. The zero-order chi connectivity index (χ0) is 14.8. The van der Waals surface area contributed by atoms with E-state index in [4.69, 9.17) is 5.11 Å². The highest BCUT2D eigenvalue weighted by Gasteiger charge is 2.02. The highest BCUT2D eigenvalue weighted by atomic mass is 79.9. The van der Waals surface area contributed by atoms with E-state index in [0.29, 0.717) is 6.42 Å². The molecule has 110 valence electrons. The lowest BCUT2D eigenvalue weighted by Crippen LogP contribution is -2.17. The summed E-state index contributed by atoms with van der Waals surface area (Å²) in [6.45, 7) is 1.62. The number of aliphatic carboxylic acids is 1. The van der Waals surface area contributed by atoms with Crippen LogP contribution in [0.15, 0.2) is 22.7 Å². The van der Waals surface area contributed by atoms with Crippen molar-refractivity contribution in [3.8, 4) is 0 Å². The van der Waals surface area contributed by atoms with Gasteiger partial charge in [-0.25, -0.2) is 0 Å². The summed E-state index contributed by atoms with van der Waals surface area (Å²) in [6, 6.07) is 5.77. The molecule has 0 aliphatic rings. The number of rotatable bonds is 10. The zero-order valence-corrected chi connectivity index (χ0v) is 13.0. The van der Waals surface area contributed by atoms with Gasteiger partial charge in [0.05, 0.1) is 0 Å². The van der Waals surface area contributed by atoms with Gasteiger partial charge in [-0.15, -0.1) is 0 Å². The molecule has 1 aromatic rings. The molecular weight excluding hydrogens is 322 g/mol. The molecule has 2 N–H and O–H groups in total. The van der Waals surface area contributed by atoms with Crippen molar-refractivity contribution >= 4 is 28.2 Å². The number of carboxylic acid groups (broad SMARTS) is 1. The quantitative estimate of drug-likeness (QED) is 0.507. The molecule has 0 aliphatic carbocycles. The fraction of sp³-hybridized carbons (Fsp3) is 0.467. The molecule has 0 aliphatic heterocycles. The molecule has 0 saturated carbocycles. The van der Waals surface area contributed by atoms with Gasteiger partial charge >= 0.3 is 5.97 Å². The van der Waals surface area contributed by atoms with Gasteiger partial charge in [0.25, 0.3) is 0 Å². The lowest BCUT2D eigenvalue weighted by molar-refractivity contribution is -0.137. The van der Waals surface area contributed by atoms with Crippen LogP contribution >= 0.6 is 15.9 Å². The molecule has 0 spiro atoms. The van der Waals surface area contributed by atoms with E-state index in [9.17, 15) is 9.59 Å². The van der Waals surface area contributed by atoms with Crippen molar-refractivity contribution in [2.75, 3.05) is 13.1 Å². The summed E-state index contributed by atoms with van der Waals surface area (Å²) in [6.07, 6.45) is 4.68. The van der Waals surface area contributed by atoms with Gasteiger partial charge in [0.1, 0.15) is 6.29 Å². The van der Waals surface area contributed by atoms with Crippen molar-refractivity contribution in [1.82, 2.24) is 5.32 Å². The third-order valence-corrected chi connectivity index (χ3v) is 3.52. The number of hydrogen-bond acceptors (Lipinski definition) is 3. The molecule has 20 heavy (non-hydrogen) atoms. The van der Waals surface area contributed by atoms with Crippen LogP contribution in [0.5, 0.6) is 0 Å². The summed E-state index contributed by atoms with van der Waals surface area (Å²) in [5, 5.41) is 11.7. The Balaban J connectivity index is 2.15. The summed E-state index contributed by atoms with van der Waals surface area (Å²) in [7, 11) is 0. The molecule has 0 fully saturated rings. The Hall–Kier alpha value is -1.20. The first-order chi connectivity index (χ1) is 9.63. The molecule has 0 saturated heterocycles. The molecule has 0 radical (unpaired) electrons. The number of halogens is 1. The molecule has 1 aromatic carbocycles. The van der Waals surface area contributed by atoms with E-state index in [1.165, 1.54) is 0 Å².